The lowest BCUT2D eigenvalue weighted by molar-refractivity contribution is 0.0601. The summed E-state index contributed by atoms with van der Waals surface area (Å²) in [6.45, 7) is 0.326. The monoisotopic (exact) mass is 400 g/mol. The van der Waals surface area contributed by atoms with Gasteiger partial charge in [-0.25, -0.2) is 9.78 Å². The molecule has 6 heteroatoms. The molecular weight excluding hydrogens is 380 g/mol. The Labute approximate surface area is 173 Å². The molecule has 0 radical (unpaired) electrons. The molecule has 4 aromatic rings. The molecule has 0 N–H and O–H groups in total. The van der Waals surface area contributed by atoms with Crippen molar-refractivity contribution in [3.8, 4) is 17.0 Å². The molecule has 0 unspecified atom stereocenters. The van der Waals surface area contributed by atoms with Gasteiger partial charge < -0.3 is 14.0 Å². The molecule has 0 saturated carbocycles. The number of ether oxygens (including phenoxy) is 2. The topological polar surface area (TPSA) is 70.4 Å². The van der Waals surface area contributed by atoms with Crippen LogP contribution in [0, 0.1) is 0 Å². The molecule has 0 bridgehead atoms. The largest absolute Gasteiger partial charge is 0.497 e. The molecule has 0 spiro atoms. The molecule has 1 heterocycles. The van der Waals surface area contributed by atoms with Crippen LogP contribution in [0.2, 0.25) is 0 Å². The van der Waals surface area contributed by atoms with E-state index in [9.17, 15) is 9.59 Å². The van der Waals surface area contributed by atoms with Gasteiger partial charge in [0, 0.05) is 5.56 Å². The normalized spacial score (nSPS) is 10.7. The van der Waals surface area contributed by atoms with Crippen LogP contribution in [0.5, 0.6) is 5.75 Å². The Kier molecular flexibility index (Phi) is 5.30. The van der Waals surface area contributed by atoms with E-state index in [2.05, 4.69) is 4.98 Å². The van der Waals surface area contributed by atoms with E-state index >= 15 is 0 Å². The van der Waals surface area contributed by atoms with Gasteiger partial charge in [0.05, 0.1) is 37.4 Å². The van der Waals surface area contributed by atoms with Gasteiger partial charge in [-0.05, 0) is 35.9 Å². The minimum absolute atomic E-state index is 0.230. The maximum absolute atomic E-state index is 13.4. The second-order valence-electron chi connectivity index (χ2n) is 6.76. The molecule has 0 aliphatic carbocycles. The predicted molar refractivity (Wildman–Crippen MR) is 115 cm³/mol. The summed E-state index contributed by atoms with van der Waals surface area (Å²) in [6.07, 6.45) is 0. The second-order valence-corrected chi connectivity index (χ2v) is 6.76. The first-order chi connectivity index (χ1) is 14.6. The maximum atomic E-state index is 13.4. The van der Waals surface area contributed by atoms with Gasteiger partial charge in [0.1, 0.15) is 11.4 Å². The van der Waals surface area contributed by atoms with Crippen LogP contribution in [0.15, 0.2) is 77.6 Å². The highest BCUT2D eigenvalue weighted by atomic mass is 16.5. The highest BCUT2D eigenvalue weighted by Crippen LogP contribution is 2.21. The lowest BCUT2D eigenvalue weighted by Crippen LogP contribution is -2.24. The minimum Gasteiger partial charge on any atom is -0.497 e. The minimum atomic E-state index is -0.465. The Hall–Kier alpha value is -3.93. The molecule has 0 aliphatic heterocycles. The van der Waals surface area contributed by atoms with Crippen molar-refractivity contribution in [2.24, 2.45) is 0 Å². The van der Waals surface area contributed by atoms with Gasteiger partial charge in [-0.15, -0.1) is 0 Å². The fourth-order valence-corrected chi connectivity index (χ4v) is 3.34. The van der Waals surface area contributed by atoms with E-state index in [1.807, 2.05) is 54.6 Å². The van der Waals surface area contributed by atoms with Gasteiger partial charge in [0.15, 0.2) is 0 Å². The van der Waals surface area contributed by atoms with Gasteiger partial charge in [-0.2, -0.15) is 0 Å². The third-order valence-electron chi connectivity index (χ3n) is 4.91. The Morgan fingerprint density at radius 1 is 0.967 bits per heavy atom. The van der Waals surface area contributed by atoms with Gasteiger partial charge >= 0.3 is 5.97 Å². The van der Waals surface area contributed by atoms with Crippen molar-refractivity contribution >= 4 is 17.0 Å². The van der Waals surface area contributed by atoms with E-state index in [0.717, 1.165) is 16.9 Å². The standard InChI is InChI=1S/C24H20N2O4/c1-29-19-11-8-16(9-12-19)15-26-21-14-18(24(28)30-2)10-13-20(21)25-22(23(26)27)17-6-4-3-5-7-17/h3-14H,15H2,1-2H3. The van der Waals surface area contributed by atoms with Crippen LogP contribution in [-0.2, 0) is 11.3 Å². The second kappa shape index (κ2) is 8.21. The van der Waals surface area contributed by atoms with Crippen molar-refractivity contribution in [1.29, 1.82) is 0 Å². The third kappa shape index (κ3) is 3.67. The quantitative estimate of drug-likeness (QED) is 0.475. The molecule has 0 aliphatic rings. The third-order valence-corrected chi connectivity index (χ3v) is 4.91. The van der Waals surface area contributed by atoms with Crippen molar-refractivity contribution in [2.75, 3.05) is 14.2 Å². The summed E-state index contributed by atoms with van der Waals surface area (Å²) in [5, 5.41) is 0. The summed E-state index contributed by atoms with van der Waals surface area (Å²) >= 11 is 0. The zero-order valence-corrected chi connectivity index (χ0v) is 16.7. The van der Waals surface area contributed by atoms with E-state index in [1.54, 1.807) is 29.9 Å². The average molecular weight is 400 g/mol. The van der Waals surface area contributed by atoms with E-state index in [-0.39, 0.29) is 5.56 Å². The molecule has 0 atom stereocenters. The smallest absolute Gasteiger partial charge is 0.337 e. The molecule has 30 heavy (non-hydrogen) atoms. The molecule has 6 nitrogen and oxygen atoms in total. The van der Waals surface area contributed by atoms with E-state index in [0.29, 0.717) is 28.8 Å². The van der Waals surface area contributed by atoms with Crippen LogP contribution < -0.4 is 10.3 Å². The summed E-state index contributed by atoms with van der Waals surface area (Å²) in [7, 11) is 2.93. The fraction of sp³-hybridized carbons (Fsp3) is 0.125. The van der Waals surface area contributed by atoms with E-state index in [4.69, 9.17) is 9.47 Å². The number of nitrogens with zero attached hydrogens (tertiary/aromatic N) is 2. The lowest BCUT2D eigenvalue weighted by atomic mass is 10.1. The van der Waals surface area contributed by atoms with Crippen LogP contribution in [0.1, 0.15) is 15.9 Å². The lowest BCUT2D eigenvalue weighted by Gasteiger charge is -2.14. The maximum Gasteiger partial charge on any atom is 0.337 e. The summed E-state index contributed by atoms with van der Waals surface area (Å²) in [4.78, 5) is 30.0. The van der Waals surface area contributed by atoms with Gasteiger partial charge in [0.25, 0.3) is 5.56 Å². The number of hydrogen-bond donors (Lipinski definition) is 0. The number of carbonyl (C=O) groups excluding carboxylic acids is 1. The van der Waals surface area contributed by atoms with Gasteiger partial charge in [0.2, 0.25) is 0 Å². The zero-order valence-electron chi connectivity index (χ0n) is 16.7. The average Bonchev–Trinajstić information content (AvgIpc) is 2.81. The summed E-state index contributed by atoms with van der Waals surface area (Å²) in [5.41, 5.74) is 3.35. The Morgan fingerprint density at radius 2 is 1.70 bits per heavy atom. The highest BCUT2D eigenvalue weighted by molar-refractivity contribution is 5.93. The summed E-state index contributed by atoms with van der Waals surface area (Å²) in [5.74, 6) is 0.274. The van der Waals surface area contributed by atoms with Crippen LogP contribution >= 0.6 is 0 Å². The number of rotatable bonds is 5. The van der Waals surface area contributed by atoms with E-state index in [1.165, 1.54) is 7.11 Å². The SMILES string of the molecule is COC(=O)c1ccc2nc(-c3ccccc3)c(=O)n(Cc3ccc(OC)cc3)c2c1. The molecule has 1 aromatic heterocycles. The number of benzene rings is 3. The molecule has 3 aromatic carbocycles. The number of fused-ring (bicyclic) bond motifs is 1. The number of esters is 1. The van der Waals surface area contributed by atoms with Crippen molar-refractivity contribution in [3.05, 3.63) is 94.3 Å². The first kappa shape index (κ1) is 19.4. The Balaban J connectivity index is 1.93. The molecule has 0 fully saturated rings. The van der Waals surface area contributed by atoms with Crippen molar-refractivity contribution in [3.63, 3.8) is 0 Å². The number of methoxy groups -OCH3 is 2. The highest BCUT2D eigenvalue weighted by Gasteiger charge is 2.15. The van der Waals surface area contributed by atoms with Crippen molar-refractivity contribution in [2.45, 2.75) is 6.54 Å². The molecular formula is C24H20N2O4. The van der Waals surface area contributed by atoms with Crippen molar-refractivity contribution in [1.82, 2.24) is 9.55 Å². The number of hydrogen-bond acceptors (Lipinski definition) is 5. The van der Waals surface area contributed by atoms with Crippen LogP contribution in [-0.4, -0.2) is 29.7 Å². The fourth-order valence-electron chi connectivity index (χ4n) is 3.34. The first-order valence-electron chi connectivity index (χ1n) is 9.42. The Bertz CT molecular complexity index is 1260. The Morgan fingerprint density at radius 3 is 2.37 bits per heavy atom. The van der Waals surface area contributed by atoms with Gasteiger partial charge in [-0.3, -0.25) is 4.79 Å². The van der Waals surface area contributed by atoms with Gasteiger partial charge in [-0.1, -0.05) is 42.5 Å². The molecule has 4 rings (SSSR count). The zero-order chi connectivity index (χ0) is 21.1. The number of aromatic nitrogens is 2. The predicted octanol–water partition coefficient (Wildman–Crippen LogP) is 3.91. The van der Waals surface area contributed by atoms with E-state index < -0.39 is 5.97 Å². The van der Waals surface area contributed by atoms with Crippen LogP contribution in [0.4, 0.5) is 0 Å². The molecule has 150 valence electrons. The first-order valence-corrected chi connectivity index (χ1v) is 9.42. The summed E-state index contributed by atoms with van der Waals surface area (Å²) in [6, 6.07) is 21.9. The summed E-state index contributed by atoms with van der Waals surface area (Å²) < 4.78 is 11.7. The van der Waals surface area contributed by atoms with Crippen molar-refractivity contribution < 1.29 is 14.3 Å². The number of carbonyl (C=O) groups is 1. The van der Waals surface area contributed by atoms with Crippen LogP contribution in [0.25, 0.3) is 22.3 Å². The van der Waals surface area contributed by atoms with Crippen LogP contribution in [0.3, 0.4) is 0 Å². The molecule has 0 amide bonds. The molecule has 0 saturated heterocycles.